The van der Waals surface area contributed by atoms with E-state index in [1.165, 1.54) is 0 Å². The average Bonchev–Trinajstić information content (AvgIpc) is 2.29. The molecular formula is C15H22O3. The van der Waals surface area contributed by atoms with Gasteiger partial charge in [-0.1, -0.05) is 34.6 Å². The number of carbonyl (C=O) groups excluding carboxylic acids is 1. The van der Waals surface area contributed by atoms with E-state index in [4.69, 9.17) is 4.74 Å². The summed E-state index contributed by atoms with van der Waals surface area (Å²) in [7, 11) is 0. The number of esters is 1. The van der Waals surface area contributed by atoms with Crippen LogP contribution in [-0.2, 0) is 16.6 Å². The van der Waals surface area contributed by atoms with E-state index in [-0.39, 0.29) is 17.1 Å². The highest BCUT2D eigenvalue weighted by Crippen LogP contribution is 2.39. The van der Waals surface area contributed by atoms with Crippen LogP contribution in [0.3, 0.4) is 0 Å². The number of hydrogen-bond acceptors (Lipinski definition) is 3. The lowest BCUT2D eigenvalue weighted by atomic mass is 9.82. The van der Waals surface area contributed by atoms with Crippen molar-refractivity contribution in [2.24, 2.45) is 0 Å². The molecule has 3 nitrogen and oxygen atoms in total. The fourth-order valence-electron chi connectivity index (χ4n) is 2.08. The Morgan fingerprint density at radius 1 is 1.28 bits per heavy atom. The van der Waals surface area contributed by atoms with Gasteiger partial charge in [0.25, 0.3) is 0 Å². The second-order valence-electron chi connectivity index (χ2n) is 5.37. The van der Waals surface area contributed by atoms with Crippen molar-refractivity contribution in [1.29, 1.82) is 0 Å². The molecule has 18 heavy (non-hydrogen) atoms. The molecule has 0 radical (unpaired) electrons. The van der Waals surface area contributed by atoms with Gasteiger partial charge in [-0.3, -0.25) is 4.79 Å². The summed E-state index contributed by atoms with van der Waals surface area (Å²) >= 11 is 0. The van der Waals surface area contributed by atoms with Crippen molar-refractivity contribution < 1.29 is 14.6 Å². The number of benzene rings is 1. The van der Waals surface area contributed by atoms with Gasteiger partial charge in [-0.15, -0.1) is 0 Å². The summed E-state index contributed by atoms with van der Waals surface area (Å²) in [4.78, 5) is 11.5. The summed E-state index contributed by atoms with van der Waals surface area (Å²) in [5, 5.41) is 9.93. The second kappa shape index (κ2) is 5.42. The normalized spacial score (nSPS) is 11.4. The quantitative estimate of drug-likeness (QED) is 0.659. The molecule has 0 aliphatic rings. The fraction of sp³-hybridized carbons (Fsp3) is 0.533. The lowest BCUT2D eigenvalue weighted by molar-refractivity contribution is -0.134. The second-order valence-corrected chi connectivity index (χ2v) is 5.37. The first-order valence-corrected chi connectivity index (χ1v) is 6.37. The van der Waals surface area contributed by atoms with Crippen molar-refractivity contribution in [2.45, 2.75) is 52.9 Å². The first kappa shape index (κ1) is 14.6. The van der Waals surface area contributed by atoms with Gasteiger partial charge in [-0.25, -0.2) is 0 Å². The molecule has 0 saturated carbocycles. The van der Waals surface area contributed by atoms with Crippen molar-refractivity contribution >= 4 is 5.97 Å². The highest BCUT2D eigenvalue weighted by molar-refractivity contribution is 5.73. The Morgan fingerprint density at radius 2 is 1.89 bits per heavy atom. The number of rotatable bonds is 3. The Labute approximate surface area is 109 Å². The molecule has 0 aliphatic carbocycles. The predicted molar refractivity (Wildman–Crippen MR) is 72.1 cm³/mol. The molecule has 0 aromatic heterocycles. The van der Waals surface area contributed by atoms with E-state index in [1.807, 2.05) is 27.7 Å². The van der Waals surface area contributed by atoms with E-state index in [0.717, 1.165) is 11.1 Å². The van der Waals surface area contributed by atoms with Crippen LogP contribution < -0.4 is 4.74 Å². The largest absolute Gasteiger partial charge is 0.508 e. The SMILES string of the molecule is CCC(=O)Oc1ccc(O)c(CC)c1C(C)(C)C. The van der Waals surface area contributed by atoms with Crippen LogP contribution in [0.15, 0.2) is 12.1 Å². The van der Waals surface area contributed by atoms with Gasteiger partial charge >= 0.3 is 5.97 Å². The third-order valence-electron chi connectivity index (χ3n) is 2.87. The van der Waals surface area contributed by atoms with E-state index < -0.39 is 0 Å². The van der Waals surface area contributed by atoms with E-state index >= 15 is 0 Å². The van der Waals surface area contributed by atoms with Crippen LogP contribution in [0.4, 0.5) is 0 Å². The van der Waals surface area contributed by atoms with Crippen molar-refractivity contribution in [3.8, 4) is 11.5 Å². The fourth-order valence-corrected chi connectivity index (χ4v) is 2.08. The van der Waals surface area contributed by atoms with Crippen molar-refractivity contribution in [3.63, 3.8) is 0 Å². The smallest absolute Gasteiger partial charge is 0.310 e. The maximum Gasteiger partial charge on any atom is 0.310 e. The van der Waals surface area contributed by atoms with Crippen molar-refractivity contribution in [3.05, 3.63) is 23.3 Å². The number of phenolic OH excluding ortho intramolecular Hbond substituents is 1. The van der Waals surface area contributed by atoms with Crippen LogP contribution in [0, 0.1) is 0 Å². The molecule has 3 heteroatoms. The van der Waals surface area contributed by atoms with Gasteiger partial charge in [0.1, 0.15) is 11.5 Å². The molecule has 0 atom stereocenters. The Balaban J connectivity index is 3.38. The maximum atomic E-state index is 11.5. The summed E-state index contributed by atoms with van der Waals surface area (Å²) in [5.74, 6) is 0.566. The van der Waals surface area contributed by atoms with Gasteiger partial charge in [0.2, 0.25) is 0 Å². The van der Waals surface area contributed by atoms with Crippen LogP contribution in [0.1, 0.15) is 52.2 Å². The van der Waals surface area contributed by atoms with Gasteiger partial charge < -0.3 is 9.84 Å². The molecule has 0 heterocycles. The summed E-state index contributed by atoms with van der Waals surface area (Å²) in [6.07, 6.45) is 1.04. The Hall–Kier alpha value is -1.51. The molecule has 0 amide bonds. The standard InChI is InChI=1S/C15H22O3/c1-6-10-11(16)8-9-12(18-13(17)7-2)14(10)15(3,4)5/h8-9,16H,6-7H2,1-5H3. The minimum Gasteiger partial charge on any atom is -0.508 e. The monoisotopic (exact) mass is 250 g/mol. The van der Waals surface area contributed by atoms with Gasteiger partial charge in [0, 0.05) is 17.5 Å². The summed E-state index contributed by atoms with van der Waals surface area (Å²) in [6.45, 7) is 9.88. The van der Waals surface area contributed by atoms with E-state index in [1.54, 1.807) is 19.1 Å². The number of ether oxygens (including phenoxy) is 1. The predicted octanol–water partition coefficient (Wildman–Crippen LogP) is 3.57. The lowest BCUT2D eigenvalue weighted by Gasteiger charge is -2.26. The van der Waals surface area contributed by atoms with Gasteiger partial charge in [-0.05, 0) is 24.0 Å². The Kier molecular flexibility index (Phi) is 4.38. The highest BCUT2D eigenvalue weighted by Gasteiger charge is 2.25. The number of carbonyl (C=O) groups is 1. The average molecular weight is 250 g/mol. The molecule has 0 bridgehead atoms. The van der Waals surface area contributed by atoms with Gasteiger partial charge in [0.05, 0.1) is 0 Å². The first-order chi connectivity index (χ1) is 8.31. The van der Waals surface area contributed by atoms with Crippen LogP contribution in [0.2, 0.25) is 0 Å². The molecule has 0 saturated heterocycles. The Morgan fingerprint density at radius 3 is 2.33 bits per heavy atom. The van der Waals surface area contributed by atoms with Gasteiger partial charge in [-0.2, -0.15) is 0 Å². The summed E-state index contributed by atoms with van der Waals surface area (Å²) in [5.41, 5.74) is 1.57. The molecule has 1 aromatic rings. The third-order valence-corrected chi connectivity index (χ3v) is 2.87. The summed E-state index contributed by atoms with van der Waals surface area (Å²) in [6, 6.07) is 3.26. The zero-order valence-corrected chi connectivity index (χ0v) is 11.8. The molecule has 1 rings (SSSR count). The number of aromatic hydroxyl groups is 1. The molecule has 0 unspecified atom stereocenters. The molecule has 1 N–H and O–H groups in total. The van der Waals surface area contributed by atoms with Gasteiger partial charge in [0.15, 0.2) is 0 Å². The van der Waals surface area contributed by atoms with Crippen LogP contribution in [-0.4, -0.2) is 11.1 Å². The lowest BCUT2D eigenvalue weighted by Crippen LogP contribution is -2.18. The zero-order chi connectivity index (χ0) is 13.9. The third kappa shape index (κ3) is 3.03. The first-order valence-electron chi connectivity index (χ1n) is 6.37. The minimum absolute atomic E-state index is 0.187. The zero-order valence-electron chi connectivity index (χ0n) is 11.8. The molecule has 1 aromatic carbocycles. The van der Waals surface area contributed by atoms with Crippen molar-refractivity contribution in [2.75, 3.05) is 0 Å². The number of hydrogen-bond donors (Lipinski definition) is 1. The molecule has 0 fully saturated rings. The van der Waals surface area contributed by atoms with E-state index in [9.17, 15) is 9.90 Å². The summed E-state index contributed by atoms with van der Waals surface area (Å²) < 4.78 is 5.37. The van der Waals surface area contributed by atoms with Crippen LogP contribution >= 0.6 is 0 Å². The molecular weight excluding hydrogens is 228 g/mol. The Bertz CT molecular complexity index is 442. The molecule has 100 valence electrons. The topological polar surface area (TPSA) is 46.5 Å². The van der Waals surface area contributed by atoms with E-state index in [2.05, 4.69) is 0 Å². The van der Waals surface area contributed by atoms with Crippen LogP contribution in [0.5, 0.6) is 11.5 Å². The minimum atomic E-state index is -0.256. The molecule has 0 spiro atoms. The highest BCUT2D eigenvalue weighted by atomic mass is 16.5. The van der Waals surface area contributed by atoms with Crippen molar-refractivity contribution in [1.82, 2.24) is 0 Å². The number of phenols is 1. The molecule has 0 aliphatic heterocycles. The van der Waals surface area contributed by atoms with Crippen LogP contribution in [0.25, 0.3) is 0 Å². The van der Waals surface area contributed by atoms with E-state index in [0.29, 0.717) is 18.6 Å². The maximum absolute atomic E-state index is 11.5.